The van der Waals surface area contributed by atoms with Crippen LogP contribution < -0.4 is 5.73 Å². The van der Waals surface area contributed by atoms with Gasteiger partial charge in [-0.15, -0.1) is 0 Å². The Bertz CT molecular complexity index is 734. The van der Waals surface area contributed by atoms with Gasteiger partial charge in [-0.2, -0.15) is 0 Å². The van der Waals surface area contributed by atoms with Crippen molar-refractivity contribution in [2.75, 3.05) is 5.73 Å². The summed E-state index contributed by atoms with van der Waals surface area (Å²) in [5.74, 6) is -0.319. The molecule has 0 bridgehead atoms. The van der Waals surface area contributed by atoms with Gasteiger partial charge in [0.25, 0.3) is 0 Å². The quantitative estimate of drug-likeness (QED) is 0.659. The van der Waals surface area contributed by atoms with Gasteiger partial charge in [0.2, 0.25) is 0 Å². The second kappa shape index (κ2) is 3.84. The fraction of sp³-hybridized carbons (Fsp3) is 0. The summed E-state index contributed by atoms with van der Waals surface area (Å²) in [6.45, 7) is 0. The fourth-order valence-electron chi connectivity index (χ4n) is 1.89. The molecule has 3 rings (SSSR count). The molecule has 3 aromatic rings. The van der Waals surface area contributed by atoms with Crippen LogP contribution in [0.5, 0.6) is 0 Å². The highest BCUT2D eigenvalue weighted by Crippen LogP contribution is 2.32. The fourth-order valence-corrected chi connectivity index (χ4v) is 1.89. The number of halogens is 2. The molecule has 1 heterocycles. The Balaban J connectivity index is 2.22. The topological polar surface area (TPSA) is 39.2 Å². The van der Waals surface area contributed by atoms with E-state index in [0.717, 1.165) is 0 Å². The zero-order chi connectivity index (χ0) is 12.7. The second-order valence-corrected chi connectivity index (χ2v) is 4.02. The lowest BCUT2D eigenvalue weighted by Gasteiger charge is -2.01. The molecule has 0 spiro atoms. The molecule has 0 saturated heterocycles. The van der Waals surface area contributed by atoms with E-state index in [1.165, 1.54) is 36.4 Å². The monoisotopic (exact) mass is 245 g/mol. The number of anilines is 1. The van der Waals surface area contributed by atoms with Crippen LogP contribution in [0.3, 0.4) is 0 Å². The molecule has 0 aliphatic rings. The van der Waals surface area contributed by atoms with Gasteiger partial charge in [-0.05, 0) is 42.5 Å². The minimum Gasteiger partial charge on any atom is -0.456 e. The van der Waals surface area contributed by atoms with Crippen molar-refractivity contribution in [1.82, 2.24) is 0 Å². The van der Waals surface area contributed by atoms with Crippen molar-refractivity contribution in [3.05, 3.63) is 54.1 Å². The van der Waals surface area contributed by atoms with Crippen LogP contribution in [0.15, 0.2) is 46.9 Å². The lowest BCUT2D eigenvalue weighted by atomic mass is 10.1. The highest BCUT2D eigenvalue weighted by Gasteiger charge is 2.10. The van der Waals surface area contributed by atoms with Crippen molar-refractivity contribution in [3.63, 3.8) is 0 Å². The predicted octanol–water partition coefficient (Wildman–Crippen LogP) is 3.96. The van der Waals surface area contributed by atoms with Crippen LogP contribution in [0.4, 0.5) is 14.5 Å². The number of nitrogen functional groups attached to an aromatic ring is 1. The Labute approximate surface area is 102 Å². The molecule has 0 aliphatic heterocycles. The number of hydrogen-bond donors (Lipinski definition) is 1. The van der Waals surface area contributed by atoms with Crippen LogP contribution >= 0.6 is 0 Å². The van der Waals surface area contributed by atoms with Gasteiger partial charge in [0.15, 0.2) is 0 Å². The molecule has 0 saturated carbocycles. The molecule has 1 aromatic heterocycles. The van der Waals surface area contributed by atoms with Crippen molar-refractivity contribution in [1.29, 1.82) is 0 Å². The van der Waals surface area contributed by atoms with E-state index in [2.05, 4.69) is 0 Å². The highest BCUT2D eigenvalue weighted by atomic mass is 19.1. The molecule has 0 atom stereocenters. The Morgan fingerprint density at radius 1 is 0.889 bits per heavy atom. The smallest absolute Gasteiger partial charge is 0.137 e. The maximum atomic E-state index is 13.2. The van der Waals surface area contributed by atoms with Gasteiger partial charge in [-0.25, -0.2) is 8.78 Å². The first-order valence-corrected chi connectivity index (χ1v) is 5.38. The van der Waals surface area contributed by atoms with Gasteiger partial charge >= 0.3 is 0 Å². The van der Waals surface area contributed by atoms with Gasteiger partial charge in [0.1, 0.15) is 23.0 Å². The van der Waals surface area contributed by atoms with Crippen LogP contribution in [0, 0.1) is 11.6 Å². The summed E-state index contributed by atoms with van der Waals surface area (Å²) in [4.78, 5) is 0. The van der Waals surface area contributed by atoms with E-state index in [9.17, 15) is 8.78 Å². The molecule has 2 N–H and O–H groups in total. The van der Waals surface area contributed by atoms with E-state index >= 15 is 0 Å². The minimum atomic E-state index is -0.397. The standard InChI is InChI=1S/C14H9F2NO/c15-9-2-4-13-8(5-9)6-14(18-13)11-7-10(16)1-3-12(11)17/h1-7H,17H2. The minimum absolute atomic E-state index is 0.345. The van der Waals surface area contributed by atoms with E-state index in [1.807, 2.05) is 0 Å². The first-order chi connectivity index (χ1) is 8.63. The summed E-state index contributed by atoms with van der Waals surface area (Å²) in [6, 6.07) is 9.89. The third-order valence-electron chi connectivity index (χ3n) is 2.76. The molecule has 0 fully saturated rings. The second-order valence-electron chi connectivity index (χ2n) is 4.02. The summed E-state index contributed by atoms with van der Waals surface area (Å²) in [5, 5.41) is 0.619. The average Bonchev–Trinajstić information content (AvgIpc) is 2.74. The summed E-state index contributed by atoms with van der Waals surface area (Å²) in [6.07, 6.45) is 0. The largest absolute Gasteiger partial charge is 0.456 e. The Morgan fingerprint density at radius 3 is 2.44 bits per heavy atom. The average molecular weight is 245 g/mol. The van der Waals surface area contributed by atoms with E-state index in [4.69, 9.17) is 10.2 Å². The van der Waals surface area contributed by atoms with Gasteiger partial charge in [0, 0.05) is 16.6 Å². The van der Waals surface area contributed by atoms with Gasteiger partial charge in [-0.3, -0.25) is 0 Å². The molecule has 0 amide bonds. The van der Waals surface area contributed by atoms with E-state index in [0.29, 0.717) is 28.0 Å². The Kier molecular flexibility index (Phi) is 2.30. The highest BCUT2D eigenvalue weighted by molar-refractivity contribution is 5.85. The maximum absolute atomic E-state index is 13.2. The Morgan fingerprint density at radius 2 is 1.61 bits per heavy atom. The van der Waals surface area contributed by atoms with Crippen molar-refractivity contribution in [3.8, 4) is 11.3 Å². The summed E-state index contributed by atoms with van der Waals surface area (Å²) < 4.78 is 31.8. The molecule has 4 heteroatoms. The van der Waals surface area contributed by atoms with Crippen molar-refractivity contribution < 1.29 is 13.2 Å². The van der Waals surface area contributed by atoms with Crippen LogP contribution in [0.25, 0.3) is 22.3 Å². The molecule has 90 valence electrons. The molecule has 0 unspecified atom stereocenters. The molecular weight excluding hydrogens is 236 g/mol. The summed E-state index contributed by atoms with van der Waals surface area (Å²) in [5.41, 5.74) is 7.19. The number of rotatable bonds is 1. The summed E-state index contributed by atoms with van der Waals surface area (Å²) >= 11 is 0. The Hall–Kier alpha value is -2.36. The lowest BCUT2D eigenvalue weighted by Crippen LogP contribution is -1.89. The van der Waals surface area contributed by atoms with E-state index in [-0.39, 0.29) is 5.82 Å². The third-order valence-corrected chi connectivity index (χ3v) is 2.76. The van der Waals surface area contributed by atoms with Crippen LogP contribution in [-0.4, -0.2) is 0 Å². The number of hydrogen-bond acceptors (Lipinski definition) is 2. The van der Waals surface area contributed by atoms with Crippen molar-refractivity contribution in [2.45, 2.75) is 0 Å². The number of furan rings is 1. The van der Waals surface area contributed by atoms with Gasteiger partial charge < -0.3 is 10.2 Å². The van der Waals surface area contributed by atoms with Crippen LogP contribution in [0.2, 0.25) is 0 Å². The SMILES string of the molecule is Nc1ccc(F)cc1-c1cc2cc(F)ccc2o1. The van der Waals surface area contributed by atoms with Gasteiger partial charge in [-0.1, -0.05) is 0 Å². The zero-order valence-electron chi connectivity index (χ0n) is 9.28. The zero-order valence-corrected chi connectivity index (χ0v) is 9.28. The van der Waals surface area contributed by atoms with Crippen LogP contribution in [0.1, 0.15) is 0 Å². The number of nitrogens with two attached hydrogens (primary N) is 1. The van der Waals surface area contributed by atoms with Crippen molar-refractivity contribution in [2.24, 2.45) is 0 Å². The number of benzene rings is 2. The third kappa shape index (κ3) is 1.72. The summed E-state index contributed by atoms with van der Waals surface area (Å²) in [7, 11) is 0. The van der Waals surface area contributed by atoms with Crippen molar-refractivity contribution >= 4 is 16.7 Å². The molecule has 2 aromatic carbocycles. The van der Waals surface area contributed by atoms with E-state index < -0.39 is 5.82 Å². The number of fused-ring (bicyclic) bond motifs is 1. The lowest BCUT2D eigenvalue weighted by molar-refractivity contribution is 0.614. The molecule has 18 heavy (non-hydrogen) atoms. The molecular formula is C14H9F2NO. The van der Waals surface area contributed by atoms with Crippen LogP contribution in [-0.2, 0) is 0 Å². The van der Waals surface area contributed by atoms with E-state index in [1.54, 1.807) is 6.07 Å². The first kappa shape index (κ1) is 10.8. The first-order valence-electron chi connectivity index (χ1n) is 5.38. The van der Waals surface area contributed by atoms with Gasteiger partial charge in [0.05, 0.1) is 0 Å². The maximum Gasteiger partial charge on any atom is 0.137 e. The molecule has 0 radical (unpaired) electrons. The molecule has 2 nitrogen and oxygen atoms in total. The predicted molar refractivity (Wildman–Crippen MR) is 66.0 cm³/mol. The molecule has 0 aliphatic carbocycles. The normalized spacial score (nSPS) is 11.0.